The number of nitrogens with one attached hydrogen (secondary N) is 1. The number of ether oxygens (including phenoxy) is 1. The molecule has 0 fully saturated rings. The van der Waals surface area contributed by atoms with Crippen molar-refractivity contribution in [3.63, 3.8) is 0 Å². The Bertz CT molecular complexity index is 1440. The fourth-order valence-electron chi connectivity index (χ4n) is 5.29. The molecule has 1 N–H and O–H groups in total. The Morgan fingerprint density at radius 3 is 2.34 bits per heavy atom. The first-order valence-electron chi connectivity index (χ1n) is 12.5. The summed E-state index contributed by atoms with van der Waals surface area (Å²) in [5.41, 5.74) is 5.32. The third-order valence-corrected chi connectivity index (χ3v) is 8.12. The van der Waals surface area contributed by atoms with Gasteiger partial charge >= 0.3 is 5.97 Å². The number of Topliss-reactive ketones (excluding diaryl/α,β-unsaturated/α-hetero) is 1. The van der Waals surface area contributed by atoms with E-state index in [1.165, 1.54) is 0 Å². The minimum Gasteiger partial charge on any atom is -0.462 e. The predicted molar refractivity (Wildman–Crippen MR) is 152 cm³/mol. The van der Waals surface area contributed by atoms with Gasteiger partial charge in [-0.15, -0.1) is 0 Å². The zero-order valence-corrected chi connectivity index (χ0v) is 23.0. The molecule has 0 spiro atoms. The number of hydrogen-bond acceptors (Lipinski definition) is 4. The highest BCUT2D eigenvalue weighted by Gasteiger charge is 2.41. The lowest BCUT2D eigenvalue weighted by Crippen LogP contribution is -2.36. The Balaban J connectivity index is 1.48. The van der Waals surface area contributed by atoms with Crippen LogP contribution in [0.25, 0.3) is 0 Å². The van der Waals surface area contributed by atoms with Crippen molar-refractivity contribution >= 4 is 46.6 Å². The van der Waals surface area contributed by atoms with Crippen LogP contribution < -0.4 is 5.32 Å². The average molecular weight is 567 g/mol. The first-order chi connectivity index (χ1) is 18.3. The van der Waals surface area contributed by atoms with Gasteiger partial charge in [0.05, 0.1) is 22.2 Å². The van der Waals surface area contributed by atoms with Crippen LogP contribution in [-0.4, -0.2) is 18.4 Å². The number of hydrogen-bond donors (Lipinski definition) is 1. The maximum absolute atomic E-state index is 13.7. The normalized spacial score (nSPS) is 19.2. The molecule has 5 rings (SSSR count). The van der Waals surface area contributed by atoms with Gasteiger partial charge in [-0.2, -0.15) is 0 Å². The molecule has 0 saturated heterocycles. The molecular weight excluding hydrogens is 541 g/mol. The molecule has 0 bridgehead atoms. The first-order valence-corrected chi connectivity index (χ1v) is 13.6. The van der Waals surface area contributed by atoms with Gasteiger partial charge in [-0.3, -0.25) is 4.79 Å². The van der Waals surface area contributed by atoms with Crippen LogP contribution in [-0.2, 0) is 20.7 Å². The van der Waals surface area contributed by atoms with E-state index in [0.29, 0.717) is 51.2 Å². The Labute approximate surface area is 237 Å². The number of halogens is 3. The Kier molecular flexibility index (Phi) is 7.94. The molecule has 3 aromatic rings. The largest absolute Gasteiger partial charge is 0.462 e. The molecule has 1 aliphatic carbocycles. The Morgan fingerprint density at radius 1 is 0.921 bits per heavy atom. The van der Waals surface area contributed by atoms with Crippen LogP contribution in [0.3, 0.4) is 0 Å². The molecule has 1 aliphatic heterocycles. The van der Waals surface area contributed by atoms with Gasteiger partial charge in [-0.1, -0.05) is 83.3 Å². The lowest BCUT2D eigenvalue weighted by atomic mass is 9.72. The Hall–Kier alpha value is -3.05. The molecule has 2 aliphatic rings. The van der Waals surface area contributed by atoms with Crippen molar-refractivity contribution in [3.8, 4) is 0 Å². The smallest absolute Gasteiger partial charge is 0.336 e. The van der Waals surface area contributed by atoms with E-state index in [1.54, 1.807) is 12.1 Å². The summed E-state index contributed by atoms with van der Waals surface area (Å²) < 4.78 is 5.74. The minimum atomic E-state index is -0.607. The highest BCUT2D eigenvalue weighted by atomic mass is 35.5. The van der Waals surface area contributed by atoms with E-state index < -0.39 is 11.9 Å². The lowest BCUT2D eigenvalue weighted by Gasteiger charge is -2.36. The molecule has 0 amide bonds. The van der Waals surface area contributed by atoms with E-state index in [2.05, 4.69) is 5.32 Å². The number of esters is 1. The highest BCUT2D eigenvalue weighted by molar-refractivity contribution is 6.42. The zero-order chi connectivity index (χ0) is 26.8. The summed E-state index contributed by atoms with van der Waals surface area (Å²) in [6.07, 6.45) is 1.56. The van der Waals surface area contributed by atoms with Crippen LogP contribution in [0.4, 0.5) is 0 Å². The Morgan fingerprint density at radius 2 is 1.63 bits per heavy atom. The molecule has 3 aromatic carbocycles. The number of allylic oxidation sites excluding steroid dienone is 3. The van der Waals surface area contributed by atoms with Crippen LogP contribution in [0.5, 0.6) is 0 Å². The summed E-state index contributed by atoms with van der Waals surface area (Å²) in [5, 5.41) is 4.80. The number of dihydropyridines is 1. The number of rotatable bonds is 6. The van der Waals surface area contributed by atoms with E-state index in [1.807, 2.05) is 67.6 Å². The van der Waals surface area contributed by atoms with Crippen LogP contribution in [0, 0.1) is 0 Å². The van der Waals surface area contributed by atoms with Crippen molar-refractivity contribution in [1.82, 2.24) is 5.32 Å². The third-order valence-electron chi connectivity index (χ3n) is 7.13. The van der Waals surface area contributed by atoms with Crippen molar-refractivity contribution in [2.24, 2.45) is 0 Å². The number of carbonyl (C=O) groups is 2. The average Bonchev–Trinajstić information content (AvgIpc) is 2.90. The minimum absolute atomic E-state index is 0.00708. The van der Waals surface area contributed by atoms with Crippen LogP contribution in [0.1, 0.15) is 48.3 Å². The van der Waals surface area contributed by atoms with Gasteiger partial charge in [0.2, 0.25) is 0 Å². The van der Waals surface area contributed by atoms with E-state index in [-0.39, 0.29) is 18.3 Å². The van der Waals surface area contributed by atoms with E-state index in [0.717, 1.165) is 22.4 Å². The van der Waals surface area contributed by atoms with Crippen molar-refractivity contribution in [2.75, 3.05) is 6.61 Å². The molecule has 194 valence electrons. The lowest BCUT2D eigenvalue weighted by molar-refractivity contribution is -0.139. The summed E-state index contributed by atoms with van der Waals surface area (Å²) in [4.78, 5) is 27.2. The standard InChI is InChI=1S/C31H26Cl3NO3/c1-18-28(31(37)38-14-13-19-5-3-2-4-6-19)29(21-9-12-24(33)25(34)15-21)30-26(35-18)16-22(17-27(30)36)20-7-10-23(32)11-8-20/h2-12,15,22,29,35H,13-14,16-17H2,1H3/t22-,29+/m0/s1. The highest BCUT2D eigenvalue weighted by Crippen LogP contribution is 2.46. The molecule has 0 aromatic heterocycles. The fourth-order valence-corrected chi connectivity index (χ4v) is 5.72. The third kappa shape index (κ3) is 5.54. The van der Waals surface area contributed by atoms with Gasteiger partial charge in [-0.25, -0.2) is 4.79 Å². The molecule has 1 heterocycles. The molecule has 0 saturated carbocycles. The van der Waals surface area contributed by atoms with Crippen LogP contribution in [0.15, 0.2) is 95.3 Å². The second kappa shape index (κ2) is 11.4. The van der Waals surface area contributed by atoms with Crippen LogP contribution >= 0.6 is 34.8 Å². The summed E-state index contributed by atoms with van der Waals surface area (Å²) in [6, 6.07) is 22.7. The van der Waals surface area contributed by atoms with Crippen molar-refractivity contribution in [3.05, 3.63) is 127 Å². The SMILES string of the molecule is CC1=C(C(=O)OCCc2ccccc2)[C@@H](c2ccc(Cl)c(Cl)c2)C2=C(C[C@H](c3ccc(Cl)cc3)CC2=O)N1. The molecular formula is C31H26Cl3NO3. The summed E-state index contributed by atoms with van der Waals surface area (Å²) in [5.74, 6) is -1.07. The summed E-state index contributed by atoms with van der Waals surface area (Å²) >= 11 is 18.7. The molecule has 4 nitrogen and oxygen atoms in total. The van der Waals surface area contributed by atoms with Crippen LogP contribution in [0.2, 0.25) is 15.1 Å². The molecule has 38 heavy (non-hydrogen) atoms. The van der Waals surface area contributed by atoms with Gasteiger partial charge in [0, 0.05) is 40.7 Å². The number of ketones is 1. The first kappa shape index (κ1) is 26.6. The second-order valence-electron chi connectivity index (χ2n) is 9.61. The van der Waals surface area contributed by atoms with Crippen molar-refractivity contribution < 1.29 is 14.3 Å². The van der Waals surface area contributed by atoms with Gasteiger partial charge in [0.15, 0.2) is 5.78 Å². The quantitative estimate of drug-likeness (QED) is 0.309. The van der Waals surface area contributed by atoms with E-state index in [4.69, 9.17) is 39.5 Å². The topological polar surface area (TPSA) is 55.4 Å². The van der Waals surface area contributed by atoms with Crippen molar-refractivity contribution in [2.45, 2.75) is 38.0 Å². The number of benzene rings is 3. The fraction of sp³-hybridized carbons (Fsp3) is 0.226. The zero-order valence-electron chi connectivity index (χ0n) is 20.8. The van der Waals surface area contributed by atoms with Gasteiger partial charge in [0.25, 0.3) is 0 Å². The maximum Gasteiger partial charge on any atom is 0.336 e. The second-order valence-corrected chi connectivity index (χ2v) is 10.9. The molecule has 0 radical (unpaired) electrons. The molecule has 2 atom stereocenters. The van der Waals surface area contributed by atoms with E-state index in [9.17, 15) is 9.59 Å². The van der Waals surface area contributed by atoms with E-state index >= 15 is 0 Å². The monoisotopic (exact) mass is 565 g/mol. The molecule has 0 unspecified atom stereocenters. The summed E-state index contributed by atoms with van der Waals surface area (Å²) in [7, 11) is 0. The number of carbonyl (C=O) groups excluding carboxylic acids is 2. The summed E-state index contributed by atoms with van der Waals surface area (Å²) in [6.45, 7) is 2.07. The molecule has 7 heteroatoms. The predicted octanol–water partition coefficient (Wildman–Crippen LogP) is 7.79. The van der Waals surface area contributed by atoms with Gasteiger partial charge < -0.3 is 10.1 Å². The van der Waals surface area contributed by atoms with Gasteiger partial charge in [0.1, 0.15) is 0 Å². The van der Waals surface area contributed by atoms with Crippen molar-refractivity contribution in [1.29, 1.82) is 0 Å². The maximum atomic E-state index is 13.7. The van der Waals surface area contributed by atoms with Gasteiger partial charge in [-0.05, 0) is 60.2 Å².